The van der Waals surface area contributed by atoms with Crippen molar-refractivity contribution in [2.24, 2.45) is 5.92 Å². The number of carbonyl (C=O) groups excluding carboxylic acids is 2. The van der Waals surface area contributed by atoms with Crippen LogP contribution in [-0.4, -0.2) is 104 Å². The molecule has 3 amide bonds. The molecule has 47 heavy (non-hydrogen) atoms. The summed E-state index contributed by atoms with van der Waals surface area (Å²) in [6, 6.07) is -0.0549. The zero-order chi connectivity index (χ0) is 35.8. The van der Waals surface area contributed by atoms with Gasteiger partial charge in [0.05, 0.1) is 19.2 Å². The molecule has 1 aromatic heterocycles. The number of carboxylic acids is 1. The maximum atomic E-state index is 12.5. The van der Waals surface area contributed by atoms with E-state index in [0.717, 1.165) is 51.2 Å². The summed E-state index contributed by atoms with van der Waals surface area (Å²) >= 11 is 0. The van der Waals surface area contributed by atoms with Gasteiger partial charge in [-0.15, -0.1) is 0 Å². The van der Waals surface area contributed by atoms with E-state index >= 15 is 0 Å². The van der Waals surface area contributed by atoms with E-state index in [1.807, 2.05) is 45.9 Å². The molecule has 266 valence electrons. The lowest BCUT2D eigenvalue weighted by Gasteiger charge is -2.28. The number of carboxylic acid groups (broad SMARTS) is 1. The summed E-state index contributed by atoms with van der Waals surface area (Å²) in [6.45, 7) is 18.6. The predicted molar refractivity (Wildman–Crippen MR) is 193 cm³/mol. The van der Waals surface area contributed by atoms with Gasteiger partial charge in [0, 0.05) is 53.4 Å². The molecule has 12 nitrogen and oxygen atoms in total. The fourth-order valence-corrected chi connectivity index (χ4v) is 4.50. The zero-order valence-electron chi connectivity index (χ0n) is 30.6. The molecule has 2 heterocycles. The smallest absolute Gasteiger partial charge is 0.324 e. The molecule has 0 spiro atoms. The second kappa shape index (κ2) is 25.1. The van der Waals surface area contributed by atoms with Gasteiger partial charge in [0.2, 0.25) is 12.4 Å². The molecule has 1 aliphatic carbocycles. The van der Waals surface area contributed by atoms with E-state index in [4.69, 9.17) is 9.84 Å². The van der Waals surface area contributed by atoms with Gasteiger partial charge in [0.15, 0.2) is 5.82 Å². The maximum Gasteiger partial charge on any atom is 0.324 e. The third-order valence-corrected chi connectivity index (χ3v) is 7.65. The number of methoxy groups -OCH3 is 1. The van der Waals surface area contributed by atoms with Gasteiger partial charge in [-0.3, -0.25) is 14.5 Å². The normalized spacial score (nSPS) is 13.8. The van der Waals surface area contributed by atoms with Gasteiger partial charge in [-0.2, -0.15) is 4.98 Å². The molecule has 1 aromatic rings. The highest BCUT2D eigenvalue weighted by molar-refractivity contribution is 5.94. The van der Waals surface area contributed by atoms with Crippen molar-refractivity contribution in [2.45, 2.75) is 80.6 Å². The summed E-state index contributed by atoms with van der Waals surface area (Å²) in [6.07, 6.45) is 15.4. The van der Waals surface area contributed by atoms with Gasteiger partial charge in [-0.05, 0) is 72.0 Å². The topological polar surface area (TPSA) is 131 Å². The average Bonchev–Trinajstić information content (AvgIpc) is 3.54. The molecular weight excluding hydrogens is 598 g/mol. The van der Waals surface area contributed by atoms with Crippen molar-refractivity contribution in [1.82, 2.24) is 19.8 Å². The second-order valence-electron chi connectivity index (χ2n) is 10.7. The lowest BCUT2D eigenvalue weighted by molar-refractivity contribution is -0.141. The summed E-state index contributed by atoms with van der Waals surface area (Å²) < 4.78 is 5.13. The number of aromatic nitrogens is 2. The molecule has 2 aliphatic rings. The first kappa shape index (κ1) is 42.9. The highest BCUT2D eigenvalue weighted by Gasteiger charge is 2.22. The van der Waals surface area contributed by atoms with Crippen LogP contribution in [0.5, 0.6) is 0 Å². The number of likely N-dealkylation sites (tertiary alicyclic amines) is 1. The number of urea groups is 1. The minimum Gasteiger partial charge on any atom is -0.497 e. The van der Waals surface area contributed by atoms with Gasteiger partial charge in [-0.25, -0.2) is 9.78 Å². The van der Waals surface area contributed by atoms with Crippen molar-refractivity contribution >= 4 is 35.9 Å². The van der Waals surface area contributed by atoms with E-state index in [9.17, 15) is 14.4 Å². The summed E-state index contributed by atoms with van der Waals surface area (Å²) in [5.74, 6) is 1.18. The standard InChI is InChI=1S/C15H28N6O.C13H18O3.C5H9NO.C2H6/c1-7-19(6)15(22)21(10-4)12-11-17-14(18-13(12)16-5)20(8-2)9-3;1-10(13(14)15)6-7-11-4-3-5-12(16-2)9-8-11;7-5-6-3-1-2-4-6;1-2/h11H,7-10H2,1-6H3,(H,16,17,18);4-5,8-10H,3,6-7H2,1-2H3,(H,14,15);5H,1-4H2;1-2H3. The van der Waals surface area contributed by atoms with Crippen LogP contribution in [0.15, 0.2) is 41.8 Å². The van der Waals surface area contributed by atoms with Crippen LogP contribution in [0.3, 0.4) is 0 Å². The van der Waals surface area contributed by atoms with Crippen molar-refractivity contribution in [3.63, 3.8) is 0 Å². The SMILES string of the molecule is CC.CCN(C)C(=O)N(CC)c1cnc(N(CC)CC)nc1NC.COC1=CCC=C(CCC(C)C(=O)O)C=C1.O=CN1CCCC1. The molecular formula is C35H61N7O5. The van der Waals surface area contributed by atoms with Crippen molar-refractivity contribution in [1.29, 1.82) is 0 Å². The van der Waals surface area contributed by atoms with Crippen LogP contribution in [0.4, 0.5) is 22.2 Å². The van der Waals surface area contributed by atoms with E-state index in [2.05, 4.69) is 40.1 Å². The molecule has 0 aromatic carbocycles. The van der Waals surface area contributed by atoms with Gasteiger partial charge in [0.1, 0.15) is 11.4 Å². The molecule has 12 heteroatoms. The Hall–Kier alpha value is -4.09. The van der Waals surface area contributed by atoms with Crippen molar-refractivity contribution in [3.05, 3.63) is 41.8 Å². The zero-order valence-corrected chi connectivity index (χ0v) is 30.6. The van der Waals surface area contributed by atoms with E-state index < -0.39 is 5.97 Å². The lowest BCUT2D eigenvalue weighted by Crippen LogP contribution is -2.41. The van der Waals surface area contributed by atoms with Crippen LogP contribution in [0, 0.1) is 5.92 Å². The molecule has 3 rings (SSSR count). The van der Waals surface area contributed by atoms with Crippen LogP contribution in [0.2, 0.25) is 0 Å². The van der Waals surface area contributed by atoms with Crippen LogP contribution in [0.1, 0.15) is 80.6 Å². The number of allylic oxidation sites excluding steroid dienone is 5. The van der Waals surface area contributed by atoms with Crippen molar-refractivity contribution < 1.29 is 24.2 Å². The Kier molecular flexibility index (Phi) is 22.9. The minimum absolute atomic E-state index is 0.0549. The van der Waals surface area contributed by atoms with Crippen molar-refractivity contribution in [3.8, 4) is 0 Å². The van der Waals surface area contributed by atoms with Crippen LogP contribution >= 0.6 is 0 Å². The quantitative estimate of drug-likeness (QED) is 0.230. The van der Waals surface area contributed by atoms with Gasteiger partial charge in [0.25, 0.3) is 0 Å². The average molecular weight is 660 g/mol. The Labute approximate surface area is 283 Å². The van der Waals surface area contributed by atoms with Crippen LogP contribution < -0.4 is 15.1 Å². The Morgan fingerprint density at radius 3 is 2.17 bits per heavy atom. The summed E-state index contributed by atoms with van der Waals surface area (Å²) in [5, 5.41) is 11.9. The third-order valence-electron chi connectivity index (χ3n) is 7.65. The molecule has 2 N–H and O–H groups in total. The number of aliphatic carboxylic acids is 1. The second-order valence-corrected chi connectivity index (χ2v) is 10.7. The van der Waals surface area contributed by atoms with Crippen LogP contribution in [-0.2, 0) is 14.3 Å². The largest absolute Gasteiger partial charge is 0.497 e. The van der Waals surface area contributed by atoms with Gasteiger partial charge < -0.3 is 29.9 Å². The van der Waals surface area contributed by atoms with Gasteiger partial charge in [-0.1, -0.05) is 38.5 Å². The van der Waals surface area contributed by atoms with E-state index in [1.165, 1.54) is 18.4 Å². The van der Waals surface area contributed by atoms with E-state index in [0.29, 0.717) is 37.0 Å². The number of nitrogens with one attached hydrogen (secondary N) is 1. The third kappa shape index (κ3) is 15.4. The number of amides is 3. The molecule has 1 fully saturated rings. The summed E-state index contributed by atoms with van der Waals surface area (Å²) in [7, 11) is 5.24. The highest BCUT2D eigenvalue weighted by atomic mass is 16.5. The van der Waals surface area contributed by atoms with Crippen LogP contribution in [0.25, 0.3) is 0 Å². The lowest BCUT2D eigenvalue weighted by atomic mass is 10.0. The Balaban J connectivity index is 0.000000733. The predicted octanol–water partition coefficient (Wildman–Crippen LogP) is 6.43. The molecule has 1 unspecified atom stereocenters. The summed E-state index contributed by atoms with van der Waals surface area (Å²) in [5.41, 5.74) is 1.88. The monoisotopic (exact) mass is 659 g/mol. The Bertz CT molecular complexity index is 1150. The fraction of sp³-hybridized carbons (Fsp3) is 0.629. The first-order valence-electron chi connectivity index (χ1n) is 17.0. The first-order valence-corrected chi connectivity index (χ1v) is 17.0. The molecule has 1 aliphatic heterocycles. The molecule has 0 radical (unpaired) electrons. The fourth-order valence-electron chi connectivity index (χ4n) is 4.50. The number of hydrogen-bond acceptors (Lipinski definition) is 8. The van der Waals surface area contributed by atoms with Crippen molar-refractivity contribution in [2.75, 3.05) is 75.6 Å². The number of nitrogens with zero attached hydrogens (tertiary/aromatic N) is 6. The van der Waals surface area contributed by atoms with E-state index in [1.54, 1.807) is 49.0 Å². The number of rotatable bonds is 13. The first-order chi connectivity index (χ1) is 22.6. The number of anilines is 3. The number of ether oxygens (including phenoxy) is 1. The number of carbonyl (C=O) groups is 3. The minimum atomic E-state index is -0.728. The molecule has 0 saturated carbocycles. The maximum absolute atomic E-state index is 12.5. The van der Waals surface area contributed by atoms with E-state index in [-0.39, 0.29) is 11.9 Å². The molecule has 1 atom stereocenters. The highest BCUT2D eigenvalue weighted by Crippen LogP contribution is 2.26. The molecule has 0 bridgehead atoms. The Morgan fingerprint density at radius 1 is 1.06 bits per heavy atom. The number of hydrogen-bond donors (Lipinski definition) is 2. The molecule has 1 saturated heterocycles. The van der Waals surface area contributed by atoms with Gasteiger partial charge >= 0.3 is 12.0 Å². The summed E-state index contributed by atoms with van der Waals surface area (Å²) in [4.78, 5) is 49.3. The Morgan fingerprint density at radius 2 is 1.70 bits per heavy atom.